The molecule has 0 aromatic heterocycles. The molecule has 0 aliphatic rings. The molecule has 23 heavy (non-hydrogen) atoms. The van der Waals surface area contributed by atoms with Gasteiger partial charge >= 0.3 is 6.18 Å². The van der Waals surface area contributed by atoms with Gasteiger partial charge in [0.15, 0.2) is 0 Å². The van der Waals surface area contributed by atoms with Crippen molar-refractivity contribution in [2.24, 2.45) is 10.1 Å². The van der Waals surface area contributed by atoms with Gasteiger partial charge in [0, 0.05) is 19.2 Å². The van der Waals surface area contributed by atoms with Crippen LogP contribution >= 0.6 is 0 Å². The Labute approximate surface area is 134 Å². The summed E-state index contributed by atoms with van der Waals surface area (Å²) >= 11 is 0. The second-order valence-electron chi connectivity index (χ2n) is 5.34. The molecule has 0 atom stereocenters. The molecular weight excluding hydrogens is 307 g/mol. The Morgan fingerprint density at radius 2 is 1.91 bits per heavy atom. The number of alkyl halides is 3. The smallest absolute Gasteiger partial charge is 0.386 e. The summed E-state index contributed by atoms with van der Waals surface area (Å²) in [5.74, 6) is 0. The van der Waals surface area contributed by atoms with Crippen molar-refractivity contribution in [1.29, 1.82) is 0 Å². The largest absolute Gasteiger partial charge is 0.425 e. The normalized spacial score (nSPS) is 12.8. The van der Waals surface area contributed by atoms with Crippen molar-refractivity contribution in [3.63, 3.8) is 0 Å². The maximum Gasteiger partial charge on any atom is 0.425 e. The summed E-state index contributed by atoms with van der Waals surface area (Å²) in [6.07, 6.45) is -2.65. The van der Waals surface area contributed by atoms with E-state index in [0.717, 1.165) is 28.9 Å². The molecule has 0 bridgehead atoms. The van der Waals surface area contributed by atoms with Crippen LogP contribution in [-0.4, -0.2) is 43.3 Å². The number of aliphatic imine (C=N–C) groups is 1. The maximum atomic E-state index is 12.1. The van der Waals surface area contributed by atoms with Gasteiger partial charge in [-0.25, -0.2) is 4.99 Å². The minimum Gasteiger partial charge on any atom is -0.386 e. The molecule has 0 saturated heterocycles. The molecule has 0 aliphatic heterocycles. The van der Waals surface area contributed by atoms with Gasteiger partial charge in [0.05, 0.1) is 17.7 Å². The highest BCUT2D eigenvalue weighted by Gasteiger charge is 2.28. The minimum atomic E-state index is -4.39. The van der Waals surface area contributed by atoms with E-state index in [1.807, 2.05) is 44.9 Å². The molecule has 0 fully saturated rings. The molecule has 0 heterocycles. The molecule has 0 aliphatic carbocycles. The zero-order chi connectivity index (χ0) is 17.6. The lowest BCUT2D eigenvalue weighted by Crippen LogP contribution is -2.15. The predicted octanol–water partition coefficient (Wildman–Crippen LogP) is 4.22. The fourth-order valence-corrected chi connectivity index (χ4v) is 1.82. The molecule has 7 heteroatoms. The van der Waals surface area contributed by atoms with Gasteiger partial charge < -0.3 is 9.74 Å². The van der Waals surface area contributed by atoms with Gasteiger partial charge in [-0.05, 0) is 51.0 Å². The summed E-state index contributed by atoms with van der Waals surface area (Å²) < 4.78 is 36.2. The first-order valence-electron chi connectivity index (χ1n) is 7.23. The van der Waals surface area contributed by atoms with E-state index in [1.54, 1.807) is 13.3 Å². The predicted molar refractivity (Wildman–Crippen MR) is 86.6 cm³/mol. The molecule has 1 rings (SSSR count). The van der Waals surface area contributed by atoms with Crippen molar-refractivity contribution in [1.82, 2.24) is 4.90 Å². The molecule has 0 saturated carbocycles. The molecule has 0 N–H and O–H groups in total. The molecule has 0 spiro atoms. The lowest BCUT2D eigenvalue weighted by molar-refractivity contribution is -0.173. The first kappa shape index (κ1) is 19.0. The van der Waals surface area contributed by atoms with Crippen molar-refractivity contribution >= 4 is 17.7 Å². The van der Waals surface area contributed by atoms with Crippen LogP contribution in [0, 0.1) is 13.8 Å². The Morgan fingerprint density at radius 3 is 2.48 bits per heavy atom. The summed E-state index contributed by atoms with van der Waals surface area (Å²) in [6, 6.07) is 3.73. The van der Waals surface area contributed by atoms with E-state index in [1.165, 1.54) is 0 Å². The van der Waals surface area contributed by atoms with Gasteiger partial charge in [0.25, 0.3) is 0 Å². The van der Waals surface area contributed by atoms with Crippen LogP contribution in [0.1, 0.15) is 30.5 Å². The van der Waals surface area contributed by atoms with E-state index < -0.39 is 12.8 Å². The second kappa shape index (κ2) is 7.99. The third-order valence-electron chi connectivity index (χ3n) is 3.26. The Kier molecular flexibility index (Phi) is 6.60. The van der Waals surface area contributed by atoms with E-state index in [-0.39, 0.29) is 0 Å². The molecule has 1 aromatic rings. The fraction of sp³-hybridized carbons (Fsp3) is 0.500. The average Bonchev–Trinajstić information content (AvgIpc) is 2.45. The number of halogens is 3. The van der Waals surface area contributed by atoms with E-state index in [2.05, 4.69) is 15.0 Å². The zero-order valence-corrected chi connectivity index (χ0v) is 14.0. The zero-order valence-electron chi connectivity index (χ0n) is 14.0. The minimum absolute atomic E-state index is 0.399. The Bertz CT molecular complexity index is 595. The summed E-state index contributed by atoms with van der Waals surface area (Å²) in [5.41, 5.74) is 3.74. The van der Waals surface area contributed by atoms with Crippen LogP contribution in [0.4, 0.5) is 18.9 Å². The second-order valence-corrected chi connectivity index (χ2v) is 5.34. The molecule has 0 radical (unpaired) electrons. The number of rotatable bonds is 6. The SMILES string of the molecule is CCN(C)/C=N\c1cc(C)c(/C(C)=N/OCC(F)(F)F)cc1C. The molecule has 0 amide bonds. The van der Waals surface area contributed by atoms with Crippen molar-refractivity contribution in [3.8, 4) is 0 Å². The highest BCUT2D eigenvalue weighted by Crippen LogP contribution is 2.24. The summed E-state index contributed by atoms with van der Waals surface area (Å²) in [5, 5.41) is 3.55. The monoisotopic (exact) mass is 329 g/mol. The van der Waals surface area contributed by atoms with Gasteiger partial charge in [-0.1, -0.05) is 5.16 Å². The lowest BCUT2D eigenvalue weighted by Gasteiger charge is -2.12. The molecule has 128 valence electrons. The lowest BCUT2D eigenvalue weighted by atomic mass is 10.0. The van der Waals surface area contributed by atoms with Crippen molar-refractivity contribution in [2.75, 3.05) is 20.2 Å². The van der Waals surface area contributed by atoms with Crippen molar-refractivity contribution < 1.29 is 18.0 Å². The van der Waals surface area contributed by atoms with Gasteiger partial charge in [-0.3, -0.25) is 0 Å². The first-order chi connectivity index (χ1) is 10.6. The van der Waals surface area contributed by atoms with Crippen LogP contribution in [0.15, 0.2) is 22.3 Å². The third kappa shape index (κ3) is 6.30. The Hall–Kier alpha value is -2.05. The van der Waals surface area contributed by atoms with Gasteiger partial charge in [0.1, 0.15) is 0 Å². The van der Waals surface area contributed by atoms with Crippen molar-refractivity contribution in [2.45, 2.75) is 33.9 Å². The molecule has 4 nitrogen and oxygen atoms in total. The van der Waals surface area contributed by atoms with Crippen LogP contribution in [0.3, 0.4) is 0 Å². The van der Waals surface area contributed by atoms with Gasteiger partial charge in [-0.2, -0.15) is 13.2 Å². The number of oxime groups is 1. The van der Waals surface area contributed by atoms with E-state index in [9.17, 15) is 13.2 Å². The van der Waals surface area contributed by atoms with E-state index in [4.69, 9.17) is 0 Å². The van der Waals surface area contributed by atoms with Gasteiger partial charge in [-0.15, -0.1) is 0 Å². The van der Waals surface area contributed by atoms with Crippen LogP contribution in [-0.2, 0) is 4.84 Å². The highest BCUT2D eigenvalue weighted by atomic mass is 19.4. The van der Waals surface area contributed by atoms with Gasteiger partial charge in [0.2, 0.25) is 6.61 Å². The van der Waals surface area contributed by atoms with Crippen LogP contribution < -0.4 is 0 Å². The van der Waals surface area contributed by atoms with E-state index >= 15 is 0 Å². The number of hydrogen-bond acceptors (Lipinski definition) is 3. The first-order valence-corrected chi connectivity index (χ1v) is 7.23. The Morgan fingerprint density at radius 1 is 1.26 bits per heavy atom. The van der Waals surface area contributed by atoms with Crippen molar-refractivity contribution in [3.05, 3.63) is 28.8 Å². The molecular formula is C16H22F3N3O. The summed E-state index contributed by atoms with van der Waals surface area (Å²) in [6.45, 7) is 6.85. The summed E-state index contributed by atoms with van der Waals surface area (Å²) in [4.78, 5) is 10.7. The highest BCUT2D eigenvalue weighted by molar-refractivity contribution is 6.00. The number of nitrogens with zero attached hydrogens (tertiary/aromatic N) is 3. The number of hydrogen-bond donors (Lipinski definition) is 0. The molecule has 1 aromatic carbocycles. The molecule has 0 unspecified atom stereocenters. The fourth-order valence-electron chi connectivity index (χ4n) is 1.82. The van der Waals surface area contributed by atoms with Crippen LogP contribution in [0.2, 0.25) is 0 Å². The number of benzene rings is 1. The van der Waals surface area contributed by atoms with E-state index in [0.29, 0.717) is 5.71 Å². The summed E-state index contributed by atoms with van der Waals surface area (Å²) in [7, 11) is 1.93. The maximum absolute atomic E-state index is 12.1. The number of aryl methyl sites for hydroxylation is 2. The third-order valence-corrected chi connectivity index (χ3v) is 3.26. The Balaban J connectivity index is 2.95. The van der Waals surface area contributed by atoms with Crippen LogP contribution in [0.25, 0.3) is 0 Å². The standard InChI is InChI=1S/C16H22F3N3O/c1-6-22(5)10-20-15-8-11(2)14(7-12(15)3)13(4)21-23-9-16(17,18)19/h7-8,10H,6,9H2,1-5H3/b20-10-,21-13+. The topological polar surface area (TPSA) is 37.2 Å². The van der Waals surface area contributed by atoms with Crippen LogP contribution in [0.5, 0.6) is 0 Å². The average molecular weight is 329 g/mol. The quantitative estimate of drug-likeness (QED) is 0.445.